The van der Waals surface area contributed by atoms with E-state index in [1.165, 1.54) is 61.6 Å². The van der Waals surface area contributed by atoms with E-state index in [-0.39, 0.29) is 24.6 Å². The highest BCUT2D eigenvalue weighted by Crippen LogP contribution is 2.52. The van der Waals surface area contributed by atoms with E-state index in [9.17, 15) is 36.6 Å². The lowest BCUT2D eigenvalue weighted by Gasteiger charge is -2.50. The van der Waals surface area contributed by atoms with Crippen LogP contribution in [0.25, 0.3) is 0 Å². The summed E-state index contributed by atoms with van der Waals surface area (Å²) in [6, 6.07) is 26.7. The third-order valence-electron chi connectivity index (χ3n) is 19.9. The maximum absolute atomic E-state index is 14.1. The van der Waals surface area contributed by atoms with Crippen molar-refractivity contribution in [1.82, 2.24) is 9.80 Å². The van der Waals surface area contributed by atoms with Gasteiger partial charge in [0.1, 0.15) is 11.5 Å². The Morgan fingerprint density at radius 1 is 0.533 bits per heavy atom. The molecule has 0 saturated carbocycles. The summed E-state index contributed by atoms with van der Waals surface area (Å²) in [6.45, 7) is 18.3. The Morgan fingerprint density at radius 3 is 1.27 bits per heavy atom. The van der Waals surface area contributed by atoms with E-state index in [1.807, 2.05) is 111 Å². The second kappa shape index (κ2) is 33.0. The molecule has 5 aliphatic rings. The summed E-state index contributed by atoms with van der Waals surface area (Å²) in [5, 5.41) is 42.7. The van der Waals surface area contributed by atoms with Crippen molar-refractivity contribution in [2.45, 2.75) is 171 Å². The van der Waals surface area contributed by atoms with E-state index in [2.05, 4.69) is 32.6 Å². The highest BCUT2D eigenvalue weighted by atomic mass is 32.2. The van der Waals surface area contributed by atoms with Crippen LogP contribution in [0.1, 0.15) is 171 Å². The van der Waals surface area contributed by atoms with E-state index in [0.717, 1.165) is 92.5 Å². The number of fused-ring (bicyclic) bond motifs is 5. The fourth-order valence-electron chi connectivity index (χ4n) is 14.5. The van der Waals surface area contributed by atoms with Gasteiger partial charge in [-0.15, -0.1) is 0 Å². The van der Waals surface area contributed by atoms with Crippen LogP contribution < -0.4 is 19.3 Å². The van der Waals surface area contributed by atoms with Gasteiger partial charge < -0.3 is 44.2 Å². The first-order valence-corrected chi connectivity index (χ1v) is 36.9. The Hall–Kier alpha value is -5.28. The van der Waals surface area contributed by atoms with Crippen molar-refractivity contribution in [2.75, 3.05) is 128 Å². The molecule has 5 aliphatic heterocycles. The summed E-state index contributed by atoms with van der Waals surface area (Å²) in [7, 11) is 0.483. The number of ether oxygens (including phenoxy) is 2. The minimum atomic E-state index is -3.67. The molecule has 9 rings (SSSR count). The fraction of sp³-hybridized carbons (Fsp3) is 0.634. The molecule has 90 heavy (non-hydrogen) atoms. The highest BCUT2D eigenvalue weighted by molar-refractivity contribution is 7.91. The molecule has 17 nitrogen and oxygen atoms in total. The number of carbonyl (C=O) groups is 2. The zero-order chi connectivity index (χ0) is 65.3. The molecule has 4 aromatic rings. The largest absolute Gasteiger partial charge is 0.494 e. The molecule has 4 N–H and O–H groups in total. The molecule has 5 heterocycles. The van der Waals surface area contributed by atoms with Crippen molar-refractivity contribution in [3.63, 3.8) is 0 Å². The molecule has 0 radical (unpaired) electrons. The average Bonchev–Trinajstić information content (AvgIpc) is 1.59. The molecule has 4 atom stereocenters. The minimum absolute atomic E-state index is 0.00850. The van der Waals surface area contributed by atoms with Crippen molar-refractivity contribution in [3.8, 4) is 11.5 Å². The van der Waals surface area contributed by atoms with Gasteiger partial charge in [-0.25, -0.2) is 16.8 Å². The van der Waals surface area contributed by atoms with Crippen LogP contribution in [-0.2, 0) is 29.3 Å². The Balaban J connectivity index is 0.000000256. The molecule has 500 valence electrons. The number of piperazine rings is 3. The number of aliphatic hydroxyl groups is 2. The van der Waals surface area contributed by atoms with Crippen molar-refractivity contribution in [1.29, 1.82) is 0 Å². The summed E-state index contributed by atoms with van der Waals surface area (Å²) in [6.07, 6.45) is 12.5. The monoisotopic (exact) mass is 1290 g/mol. The van der Waals surface area contributed by atoms with Gasteiger partial charge in [0, 0.05) is 81.9 Å². The van der Waals surface area contributed by atoms with E-state index in [4.69, 9.17) is 19.7 Å². The van der Waals surface area contributed by atoms with Crippen molar-refractivity contribution < 1.29 is 60.8 Å². The summed E-state index contributed by atoms with van der Waals surface area (Å²) in [5.74, 6) is -1.68. The zero-order valence-corrected chi connectivity index (χ0v) is 57.1. The Labute approximate surface area is 539 Å². The molecule has 4 aromatic carbocycles. The van der Waals surface area contributed by atoms with E-state index in [0.29, 0.717) is 85.0 Å². The number of hydrogen-bond donors (Lipinski definition) is 4. The Morgan fingerprint density at radius 2 is 0.911 bits per heavy atom. The lowest BCUT2D eigenvalue weighted by atomic mass is 9.68. The van der Waals surface area contributed by atoms with Gasteiger partial charge in [0.15, 0.2) is 19.7 Å². The standard InChI is InChI=1S/C36H56N3O4S.C35H52N2O8S/c1-5-7-17-36(18-8-6-2)28-44(41,42)33-16-13-30(37(3)4)27-32(33)34(35(36)40)29-11-14-31(15-12-29)43-26-10-9-22-39-23-19-38(20-24-39)21-25-39;1-5-7-18-35(19-8-6-2)25-46(43,44)30-17-14-27(36(3)4)22-29(30)33(34(35)42)26-12-15-28(16-13-26)45-21-11-9-10-20-37(23-31(38)39)24-32(40)41/h11-16,27,34-35,40H,5-10,17-26,28H2,1-4H3;12-17,22,33-34,42H,5-11,18-21,23-25H2,1-4H3,(H,38,39)(H,40,41)/q+1;/t34-,35-;33-,34-/m11/s1. The van der Waals surface area contributed by atoms with Crippen LogP contribution in [-0.4, -0.2) is 194 Å². The summed E-state index contributed by atoms with van der Waals surface area (Å²) in [5.41, 5.74) is 3.44. The number of carboxylic acid groups (broad SMARTS) is 2. The van der Waals surface area contributed by atoms with Crippen molar-refractivity contribution in [3.05, 3.63) is 107 Å². The van der Waals surface area contributed by atoms with Gasteiger partial charge >= 0.3 is 11.9 Å². The number of unbranched alkanes of at least 4 members (excludes halogenated alkanes) is 7. The summed E-state index contributed by atoms with van der Waals surface area (Å²) >= 11 is 0. The minimum Gasteiger partial charge on any atom is -0.494 e. The normalized spacial score (nSPS) is 22.6. The molecule has 2 bridgehead atoms. The number of nitrogens with zero attached hydrogens (tertiary/aromatic N) is 5. The van der Waals surface area contributed by atoms with Crippen LogP contribution in [0.4, 0.5) is 11.4 Å². The first-order valence-electron chi connectivity index (χ1n) is 33.6. The molecule has 0 aromatic heterocycles. The van der Waals surface area contributed by atoms with Crippen molar-refractivity contribution in [2.24, 2.45) is 10.8 Å². The van der Waals surface area contributed by atoms with Crippen LogP contribution in [0.5, 0.6) is 11.5 Å². The predicted octanol–water partition coefficient (Wildman–Crippen LogP) is 11.1. The number of aliphatic hydroxyl groups excluding tert-OH is 2. The number of carboxylic acids is 2. The number of aliphatic carboxylic acids is 2. The number of anilines is 2. The van der Waals surface area contributed by atoms with Gasteiger partial charge in [0.05, 0.1) is 86.0 Å². The van der Waals surface area contributed by atoms with Crippen LogP contribution in [0.3, 0.4) is 0 Å². The number of sulfone groups is 2. The SMILES string of the molecule is CCCCC1(CCCC)CS(=O)(=O)c2ccc(N(C)C)cc2[C@@H](c2ccc(OCCCCCN(CC(=O)O)CC(=O)O)cc2)[C@H]1O.CCCCC1(CCCC)CS(=O)(=O)c2ccc(N(C)C)cc2[C@@H](c2ccc(OCCCC[N+]34CCN(CC3)CC4)cc2)[C@H]1O. The number of quaternary nitrogens is 1. The van der Waals surface area contributed by atoms with Gasteiger partial charge in [0.25, 0.3) is 0 Å². The van der Waals surface area contributed by atoms with Crippen LogP contribution in [0.2, 0.25) is 0 Å². The van der Waals surface area contributed by atoms with Gasteiger partial charge in [-0.3, -0.25) is 19.4 Å². The maximum Gasteiger partial charge on any atom is 0.317 e. The van der Waals surface area contributed by atoms with Crippen LogP contribution in [0, 0.1) is 10.8 Å². The Kier molecular flexibility index (Phi) is 26.5. The first kappa shape index (κ1) is 72.2. The molecule has 0 aliphatic carbocycles. The molecule has 0 spiro atoms. The van der Waals surface area contributed by atoms with E-state index in [1.54, 1.807) is 12.1 Å². The van der Waals surface area contributed by atoms with E-state index < -0.39 is 66.5 Å². The third-order valence-corrected chi connectivity index (χ3v) is 23.9. The molecular weight excluding hydrogens is 1180 g/mol. The fourth-order valence-corrected chi connectivity index (χ4v) is 18.9. The quantitative estimate of drug-likeness (QED) is 0.0258. The second-order valence-electron chi connectivity index (χ2n) is 26.9. The van der Waals surface area contributed by atoms with Crippen molar-refractivity contribution >= 4 is 43.0 Å². The first-order chi connectivity index (χ1) is 42.9. The molecule has 0 amide bonds. The summed E-state index contributed by atoms with van der Waals surface area (Å²) in [4.78, 5) is 30.6. The lowest BCUT2D eigenvalue weighted by molar-refractivity contribution is -0.941. The Bertz CT molecular complexity index is 3100. The number of rotatable bonds is 33. The molecule has 3 saturated heterocycles. The van der Waals surface area contributed by atoms with Gasteiger partial charge in [-0.2, -0.15) is 0 Å². The summed E-state index contributed by atoms with van der Waals surface area (Å²) < 4.78 is 69.6. The van der Waals surface area contributed by atoms with Crippen LogP contribution >= 0.6 is 0 Å². The van der Waals surface area contributed by atoms with Crippen LogP contribution in [0.15, 0.2) is 94.7 Å². The van der Waals surface area contributed by atoms with Gasteiger partial charge in [-0.1, -0.05) is 103 Å². The molecule has 19 heteroatoms. The maximum atomic E-state index is 14.1. The number of hydrogen-bond acceptors (Lipinski definition) is 14. The average molecular weight is 1290 g/mol. The predicted molar refractivity (Wildman–Crippen MR) is 359 cm³/mol. The zero-order valence-electron chi connectivity index (χ0n) is 55.4. The molecular formula is C71H108N5O12S2+. The number of benzene rings is 4. The second-order valence-corrected chi connectivity index (χ2v) is 30.8. The molecule has 3 fully saturated rings. The highest BCUT2D eigenvalue weighted by Gasteiger charge is 2.51. The lowest BCUT2D eigenvalue weighted by Crippen LogP contribution is -2.67. The smallest absolute Gasteiger partial charge is 0.317 e. The van der Waals surface area contributed by atoms with Gasteiger partial charge in [-0.05, 0) is 147 Å². The van der Waals surface area contributed by atoms with Gasteiger partial charge in [0.2, 0.25) is 0 Å². The topological polar surface area (TPSA) is 215 Å². The van der Waals surface area contributed by atoms with E-state index >= 15 is 0 Å². The third kappa shape index (κ3) is 18.5. The molecule has 0 unspecified atom stereocenters.